The van der Waals surface area contributed by atoms with E-state index in [9.17, 15) is 0 Å². The number of hydrogen-bond donors (Lipinski definition) is 1. The third kappa shape index (κ3) is 13.8. The van der Waals surface area contributed by atoms with Crippen molar-refractivity contribution in [2.45, 2.75) is 4.34 Å². The SMILES string of the molecule is O=[N+]([O-])[O-].O=[N+]([O-])[O-].Sc1nc2ccccc2s1.[Mn+2].[NaH]. The van der Waals surface area contributed by atoms with Crippen LogP contribution in [0.25, 0.3) is 10.2 Å². The van der Waals surface area contributed by atoms with E-state index in [0.29, 0.717) is 0 Å². The van der Waals surface area contributed by atoms with Gasteiger partial charge in [0.15, 0.2) is 0 Å². The predicted octanol–water partition coefficient (Wildman–Crippen LogP) is 1.46. The van der Waals surface area contributed by atoms with Gasteiger partial charge in [0.1, 0.15) is 4.34 Å². The van der Waals surface area contributed by atoms with E-state index in [0.717, 1.165) is 9.86 Å². The molecule has 0 N–H and O–H groups in total. The summed E-state index contributed by atoms with van der Waals surface area (Å²) in [5.41, 5.74) is 1.04. The van der Waals surface area contributed by atoms with Crippen LogP contribution in [-0.2, 0) is 17.1 Å². The van der Waals surface area contributed by atoms with Gasteiger partial charge in [-0.1, -0.05) is 12.1 Å². The number of para-hydroxylation sites is 1. The van der Waals surface area contributed by atoms with Crippen LogP contribution in [0.2, 0.25) is 0 Å². The number of nitrogens with zero attached hydrogens (tertiary/aromatic N) is 3. The molecule has 0 aliphatic rings. The van der Waals surface area contributed by atoms with Crippen molar-refractivity contribution < 1.29 is 27.2 Å². The molecule has 0 bridgehead atoms. The topological polar surface area (TPSA) is 145 Å². The molecule has 20 heavy (non-hydrogen) atoms. The minimum absolute atomic E-state index is 0. The van der Waals surface area contributed by atoms with E-state index in [1.807, 2.05) is 24.3 Å². The van der Waals surface area contributed by atoms with Crippen LogP contribution in [0.4, 0.5) is 0 Å². The number of aromatic nitrogens is 1. The van der Waals surface area contributed by atoms with Gasteiger partial charge >= 0.3 is 46.6 Å². The van der Waals surface area contributed by atoms with Crippen molar-refractivity contribution >= 4 is 63.7 Å². The molecule has 1 heterocycles. The van der Waals surface area contributed by atoms with Crippen LogP contribution in [0.3, 0.4) is 0 Å². The third-order valence-electron chi connectivity index (χ3n) is 1.28. The Morgan fingerprint density at radius 1 is 1.05 bits per heavy atom. The van der Waals surface area contributed by atoms with Crippen LogP contribution in [0.15, 0.2) is 28.6 Å². The van der Waals surface area contributed by atoms with E-state index in [1.165, 1.54) is 4.70 Å². The van der Waals surface area contributed by atoms with Crippen LogP contribution in [0.5, 0.6) is 0 Å². The van der Waals surface area contributed by atoms with Gasteiger partial charge in [0.2, 0.25) is 0 Å². The van der Waals surface area contributed by atoms with E-state index in [-0.39, 0.29) is 46.6 Å². The predicted molar refractivity (Wildman–Crippen MR) is 74.7 cm³/mol. The fourth-order valence-corrected chi connectivity index (χ4v) is 1.97. The molecular weight excluding hydrogens is 364 g/mol. The van der Waals surface area contributed by atoms with Crippen LogP contribution in [-0.4, -0.2) is 44.7 Å². The Morgan fingerprint density at radius 2 is 1.45 bits per heavy atom. The number of hydrogen-bond acceptors (Lipinski definition) is 9. The zero-order valence-electron chi connectivity index (χ0n) is 8.83. The maximum atomic E-state index is 8.25. The molecule has 2 aromatic rings. The van der Waals surface area contributed by atoms with Gasteiger partial charge in [-0.2, -0.15) is 0 Å². The van der Waals surface area contributed by atoms with Crippen LogP contribution in [0, 0.1) is 30.6 Å². The molecule has 0 saturated heterocycles. The second-order valence-electron chi connectivity index (χ2n) is 2.41. The summed E-state index contributed by atoms with van der Waals surface area (Å²) in [5, 5.41) is 29.5. The summed E-state index contributed by atoms with van der Waals surface area (Å²) in [7, 11) is 0. The Hall–Kier alpha value is -0.621. The van der Waals surface area contributed by atoms with E-state index in [2.05, 4.69) is 17.6 Å². The fraction of sp³-hybridized carbons (Fsp3) is 0. The molecule has 0 aliphatic carbocycles. The average Bonchev–Trinajstić information content (AvgIpc) is 2.55. The van der Waals surface area contributed by atoms with E-state index < -0.39 is 10.2 Å². The summed E-state index contributed by atoms with van der Waals surface area (Å²) in [6, 6.07) is 8.03. The minimum atomic E-state index is -1.75. The zero-order chi connectivity index (χ0) is 14.1. The van der Waals surface area contributed by atoms with E-state index in [4.69, 9.17) is 30.6 Å². The Labute approximate surface area is 154 Å². The molecule has 13 heteroatoms. The van der Waals surface area contributed by atoms with Crippen molar-refractivity contribution in [1.29, 1.82) is 0 Å². The van der Waals surface area contributed by atoms with Crippen molar-refractivity contribution in [3.05, 3.63) is 54.9 Å². The van der Waals surface area contributed by atoms with Gasteiger partial charge in [-0.3, -0.25) is 0 Å². The molecular formula is C7H6MnN3NaO6S2. The van der Waals surface area contributed by atoms with Gasteiger partial charge in [-0.15, -0.1) is 24.0 Å². The van der Waals surface area contributed by atoms with Gasteiger partial charge in [0.05, 0.1) is 20.4 Å². The zero-order valence-corrected chi connectivity index (χ0v) is 11.7. The molecule has 0 saturated carbocycles. The number of benzene rings is 1. The molecule has 105 valence electrons. The van der Waals surface area contributed by atoms with Gasteiger partial charge in [0.25, 0.3) is 0 Å². The number of fused-ring (bicyclic) bond motifs is 1. The first-order valence-corrected chi connectivity index (χ1v) is 5.27. The summed E-state index contributed by atoms with van der Waals surface area (Å²) in [5.74, 6) is 0. The molecule has 9 nitrogen and oxygen atoms in total. The van der Waals surface area contributed by atoms with Crippen molar-refractivity contribution in [1.82, 2.24) is 4.98 Å². The fourth-order valence-electron chi connectivity index (χ4n) is 0.860. The van der Waals surface area contributed by atoms with Crippen molar-refractivity contribution in [2.24, 2.45) is 0 Å². The summed E-state index contributed by atoms with van der Waals surface area (Å²) in [6.07, 6.45) is 0. The Morgan fingerprint density at radius 3 is 1.85 bits per heavy atom. The van der Waals surface area contributed by atoms with Gasteiger partial charge < -0.3 is 30.6 Å². The van der Waals surface area contributed by atoms with E-state index >= 15 is 0 Å². The summed E-state index contributed by atoms with van der Waals surface area (Å²) in [4.78, 5) is 20.7. The third-order valence-corrected chi connectivity index (χ3v) is 2.50. The van der Waals surface area contributed by atoms with Crippen molar-refractivity contribution in [2.75, 3.05) is 0 Å². The molecule has 0 unspecified atom stereocenters. The Balaban J connectivity index is -0.000000251. The van der Waals surface area contributed by atoms with Crippen molar-refractivity contribution in [3.8, 4) is 0 Å². The standard InChI is InChI=1S/C7H5NS2.Mn.2NO3.Na.H/c9-7-8-5-3-1-2-4-6(5)10-7;;2*2-1(3)4;;/h1-4H,(H,8,9);;;;;/q;+2;2*-1;;. The molecule has 0 aliphatic heterocycles. The van der Waals surface area contributed by atoms with Gasteiger partial charge in [0, 0.05) is 0 Å². The van der Waals surface area contributed by atoms with Gasteiger partial charge in [-0.25, -0.2) is 4.98 Å². The van der Waals surface area contributed by atoms with Crippen LogP contribution in [0.1, 0.15) is 0 Å². The molecule has 0 atom stereocenters. The quantitative estimate of drug-likeness (QED) is 0.320. The summed E-state index contributed by atoms with van der Waals surface area (Å²) >= 11 is 5.76. The first kappa shape index (κ1) is 24.4. The monoisotopic (exact) mass is 370 g/mol. The summed E-state index contributed by atoms with van der Waals surface area (Å²) in [6.45, 7) is 0. The Kier molecular flexibility index (Phi) is 16.3. The van der Waals surface area contributed by atoms with Crippen LogP contribution >= 0.6 is 24.0 Å². The van der Waals surface area contributed by atoms with Crippen molar-refractivity contribution in [3.63, 3.8) is 0 Å². The molecule has 0 amide bonds. The molecule has 2 rings (SSSR count). The Bertz CT molecular complexity index is 489. The number of rotatable bonds is 0. The molecule has 0 fully saturated rings. The first-order valence-electron chi connectivity index (χ1n) is 4.00. The van der Waals surface area contributed by atoms with Gasteiger partial charge in [-0.05, 0) is 12.1 Å². The number of thiol groups is 1. The number of thiazole rings is 1. The second kappa shape index (κ2) is 13.4. The molecule has 1 aromatic carbocycles. The average molecular weight is 370 g/mol. The summed E-state index contributed by atoms with van der Waals surface area (Å²) < 4.78 is 2.04. The van der Waals surface area contributed by atoms with Crippen LogP contribution < -0.4 is 0 Å². The maximum absolute atomic E-state index is 8.25. The molecule has 1 radical (unpaired) electrons. The molecule has 1 aromatic heterocycles. The van der Waals surface area contributed by atoms with E-state index in [1.54, 1.807) is 11.3 Å². The molecule has 0 spiro atoms. The second-order valence-corrected chi connectivity index (χ2v) is 4.17. The first-order chi connectivity index (χ1) is 8.32. The normalized spacial score (nSPS) is 7.65.